The summed E-state index contributed by atoms with van der Waals surface area (Å²) in [7, 11) is 0. The summed E-state index contributed by atoms with van der Waals surface area (Å²) < 4.78 is 0. The van der Waals surface area contributed by atoms with E-state index in [1.54, 1.807) is 29.6 Å². The molecule has 0 fully saturated rings. The Bertz CT molecular complexity index is 584. The van der Waals surface area contributed by atoms with Crippen LogP contribution in [-0.4, -0.2) is 16.1 Å². The largest absolute Gasteiger partial charge is 0.476 e. The van der Waals surface area contributed by atoms with Gasteiger partial charge in [-0.25, -0.2) is 9.78 Å². The molecular weight excluding hydrogens is 224 g/mol. The number of aromatic carboxylic acids is 1. The predicted molar refractivity (Wildman–Crippen MR) is 59.2 cm³/mol. The number of benzene rings is 1. The maximum Gasteiger partial charge on any atom is 0.365 e. The van der Waals surface area contributed by atoms with E-state index in [0.717, 1.165) is 16.9 Å². The Labute approximate surface area is 95.4 Å². The number of hydrogen-bond acceptors (Lipinski definition) is 4. The number of nitriles is 1. The molecule has 2 aromatic rings. The molecule has 0 unspecified atom stereocenters. The molecule has 0 spiro atoms. The van der Waals surface area contributed by atoms with Crippen LogP contribution in [0.4, 0.5) is 0 Å². The predicted octanol–water partition coefficient (Wildman–Crippen LogP) is 2.38. The minimum atomic E-state index is -1.03. The Morgan fingerprint density at radius 2 is 2.31 bits per heavy atom. The van der Waals surface area contributed by atoms with Crippen molar-refractivity contribution < 1.29 is 9.90 Å². The summed E-state index contributed by atoms with van der Waals surface area (Å²) in [5, 5.41) is 19.2. The summed E-state index contributed by atoms with van der Waals surface area (Å²) in [4.78, 5) is 14.6. The smallest absolute Gasteiger partial charge is 0.365 e. The molecule has 0 radical (unpaired) electrons. The van der Waals surface area contributed by atoms with Crippen LogP contribution in [-0.2, 0) is 0 Å². The lowest BCUT2D eigenvalue weighted by Crippen LogP contribution is -1.94. The highest BCUT2D eigenvalue weighted by atomic mass is 32.1. The Kier molecular flexibility index (Phi) is 2.66. The van der Waals surface area contributed by atoms with Crippen molar-refractivity contribution in [2.75, 3.05) is 0 Å². The van der Waals surface area contributed by atoms with Crippen molar-refractivity contribution in [3.63, 3.8) is 0 Å². The highest BCUT2D eigenvalue weighted by Crippen LogP contribution is 2.22. The third-order valence-electron chi connectivity index (χ3n) is 1.97. The number of thiazole rings is 1. The molecule has 0 amide bonds. The molecule has 0 aliphatic rings. The maximum absolute atomic E-state index is 10.7. The molecule has 0 saturated carbocycles. The second-order valence-electron chi connectivity index (χ2n) is 3.04. The zero-order valence-electron chi connectivity index (χ0n) is 8.04. The van der Waals surface area contributed by atoms with Crippen LogP contribution < -0.4 is 0 Å². The third-order valence-corrected chi connectivity index (χ3v) is 2.80. The number of carboxylic acid groups (broad SMARTS) is 1. The van der Waals surface area contributed by atoms with E-state index in [9.17, 15) is 4.79 Å². The molecule has 78 valence electrons. The van der Waals surface area contributed by atoms with Gasteiger partial charge in [-0.1, -0.05) is 12.1 Å². The van der Waals surface area contributed by atoms with Crippen molar-refractivity contribution in [3.05, 3.63) is 40.2 Å². The summed E-state index contributed by atoms with van der Waals surface area (Å²) in [6.45, 7) is 0. The van der Waals surface area contributed by atoms with Gasteiger partial charge in [0, 0.05) is 10.9 Å². The summed E-state index contributed by atoms with van der Waals surface area (Å²) in [5.74, 6) is -1.03. The van der Waals surface area contributed by atoms with Gasteiger partial charge in [-0.2, -0.15) is 5.26 Å². The Morgan fingerprint density at radius 3 is 2.94 bits per heavy atom. The topological polar surface area (TPSA) is 74.0 Å². The lowest BCUT2D eigenvalue weighted by molar-refractivity contribution is 0.0696. The summed E-state index contributed by atoms with van der Waals surface area (Å²) in [6.07, 6.45) is 0. The standard InChI is InChI=1S/C11H6N2O2S/c12-5-7-2-1-3-8(4-7)9-6-16-10(13-9)11(14)15/h1-4,6H,(H,14,15). The first-order chi connectivity index (χ1) is 7.70. The molecule has 0 aliphatic heterocycles. The van der Waals surface area contributed by atoms with E-state index in [-0.39, 0.29) is 5.01 Å². The molecule has 0 atom stereocenters. The average molecular weight is 230 g/mol. The van der Waals surface area contributed by atoms with Gasteiger partial charge in [0.05, 0.1) is 17.3 Å². The molecule has 0 aliphatic carbocycles. The molecule has 16 heavy (non-hydrogen) atoms. The fourth-order valence-corrected chi connectivity index (χ4v) is 1.92. The van der Waals surface area contributed by atoms with Crippen molar-refractivity contribution in [1.82, 2.24) is 4.98 Å². The van der Waals surface area contributed by atoms with Gasteiger partial charge in [0.2, 0.25) is 5.01 Å². The molecule has 1 aromatic carbocycles. The van der Waals surface area contributed by atoms with Crippen LogP contribution >= 0.6 is 11.3 Å². The average Bonchev–Trinajstić information content (AvgIpc) is 2.78. The first-order valence-corrected chi connectivity index (χ1v) is 5.28. The molecule has 5 heteroatoms. The monoisotopic (exact) mass is 230 g/mol. The first-order valence-electron chi connectivity index (χ1n) is 4.40. The van der Waals surface area contributed by atoms with Crippen LogP contribution in [0.25, 0.3) is 11.3 Å². The van der Waals surface area contributed by atoms with Crippen LogP contribution in [0.2, 0.25) is 0 Å². The SMILES string of the molecule is N#Cc1cccc(-c2csc(C(=O)O)n2)c1. The number of aromatic nitrogens is 1. The zero-order valence-corrected chi connectivity index (χ0v) is 8.86. The minimum absolute atomic E-state index is 0.0531. The van der Waals surface area contributed by atoms with E-state index in [1.165, 1.54) is 0 Å². The first kappa shape index (κ1) is 10.3. The normalized spacial score (nSPS) is 9.69. The van der Waals surface area contributed by atoms with Gasteiger partial charge in [-0.3, -0.25) is 0 Å². The number of rotatable bonds is 2. The lowest BCUT2D eigenvalue weighted by Gasteiger charge is -1.95. The van der Waals surface area contributed by atoms with Gasteiger partial charge in [0.1, 0.15) is 0 Å². The highest BCUT2D eigenvalue weighted by molar-refractivity contribution is 7.11. The van der Waals surface area contributed by atoms with E-state index in [4.69, 9.17) is 10.4 Å². The van der Waals surface area contributed by atoms with Gasteiger partial charge >= 0.3 is 5.97 Å². The molecule has 1 N–H and O–H groups in total. The van der Waals surface area contributed by atoms with E-state index in [2.05, 4.69) is 4.98 Å². The summed E-state index contributed by atoms with van der Waals surface area (Å²) in [6, 6.07) is 8.93. The van der Waals surface area contributed by atoms with Crippen molar-refractivity contribution in [1.29, 1.82) is 5.26 Å². The van der Waals surface area contributed by atoms with Gasteiger partial charge in [0.25, 0.3) is 0 Å². The van der Waals surface area contributed by atoms with Crippen LogP contribution in [0.15, 0.2) is 29.6 Å². The maximum atomic E-state index is 10.7. The van der Waals surface area contributed by atoms with Crippen LogP contribution in [0.5, 0.6) is 0 Å². The van der Waals surface area contributed by atoms with Crippen LogP contribution in [0.1, 0.15) is 15.4 Å². The molecule has 0 saturated heterocycles. The van der Waals surface area contributed by atoms with E-state index < -0.39 is 5.97 Å². The van der Waals surface area contributed by atoms with Crippen molar-refractivity contribution >= 4 is 17.3 Å². The van der Waals surface area contributed by atoms with Gasteiger partial charge in [-0.15, -0.1) is 11.3 Å². The van der Waals surface area contributed by atoms with Crippen molar-refractivity contribution in [3.8, 4) is 17.3 Å². The number of nitrogens with zero attached hydrogens (tertiary/aromatic N) is 2. The molecular formula is C11H6N2O2S. The second-order valence-corrected chi connectivity index (χ2v) is 3.89. The Hall–Kier alpha value is -2.19. The van der Waals surface area contributed by atoms with Crippen molar-refractivity contribution in [2.24, 2.45) is 0 Å². The molecule has 0 bridgehead atoms. The Morgan fingerprint density at radius 1 is 1.50 bits per heavy atom. The fourth-order valence-electron chi connectivity index (χ4n) is 1.25. The number of hydrogen-bond donors (Lipinski definition) is 1. The third kappa shape index (κ3) is 1.92. The fraction of sp³-hybridized carbons (Fsp3) is 0. The van der Waals surface area contributed by atoms with Crippen LogP contribution in [0, 0.1) is 11.3 Å². The molecule has 2 rings (SSSR count). The number of carboxylic acids is 1. The Balaban J connectivity index is 2.43. The van der Waals surface area contributed by atoms with Crippen LogP contribution in [0.3, 0.4) is 0 Å². The number of carbonyl (C=O) groups is 1. The van der Waals surface area contributed by atoms with Gasteiger partial charge < -0.3 is 5.11 Å². The quantitative estimate of drug-likeness (QED) is 0.859. The second kappa shape index (κ2) is 4.13. The van der Waals surface area contributed by atoms with E-state index in [0.29, 0.717) is 11.3 Å². The lowest BCUT2D eigenvalue weighted by atomic mass is 10.1. The van der Waals surface area contributed by atoms with Gasteiger partial charge in [0.15, 0.2) is 0 Å². The highest BCUT2D eigenvalue weighted by Gasteiger charge is 2.10. The van der Waals surface area contributed by atoms with Crippen molar-refractivity contribution in [2.45, 2.75) is 0 Å². The minimum Gasteiger partial charge on any atom is -0.476 e. The van der Waals surface area contributed by atoms with E-state index in [1.807, 2.05) is 6.07 Å². The van der Waals surface area contributed by atoms with Gasteiger partial charge in [-0.05, 0) is 12.1 Å². The molecule has 4 nitrogen and oxygen atoms in total. The zero-order chi connectivity index (χ0) is 11.5. The van der Waals surface area contributed by atoms with E-state index >= 15 is 0 Å². The molecule has 1 aromatic heterocycles. The molecule has 1 heterocycles. The summed E-state index contributed by atoms with van der Waals surface area (Å²) in [5.41, 5.74) is 1.87. The summed E-state index contributed by atoms with van der Waals surface area (Å²) >= 11 is 1.07.